The Bertz CT molecular complexity index is 444. The van der Waals surface area contributed by atoms with Gasteiger partial charge in [0, 0.05) is 23.1 Å². The van der Waals surface area contributed by atoms with E-state index in [4.69, 9.17) is 0 Å². The zero-order chi connectivity index (χ0) is 13.1. The zero-order valence-corrected chi connectivity index (χ0v) is 12.1. The summed E-state index contributed by atoms with van der Waals surface area (Å²) in [5, 5.41) is 3.01. The largest absolute Gasteiger partial charge is 0.355 e. The topological polar surface area (TPSA) is 29.1 Å². The van der Waals surface area contributed by atoms with Crippen molar-refractivity contribution in [2.24, 2.45) is 11.8 Å². The summed E-state index contributed by atoms with van der Waals surface area (Å²) >= 11 is 1.80. The predicted molar refractivity (Wildman–Crippen MR) is 76.9 cm³/mol. The average Bonchev–Trinajstić information content (AvgIpc) is 3.06. The highest BCUT2D eigenvalue weighted by Crippen LogP contribution is 2.37. The second-order valence-electron chi connectivity index (χ2n) is 5.21. The number of carbonyl (C=O) groups is 1. The molecule has 0 radical (unpaired) electrons. The molecule has 2 rings (SSSR count). The van der Waals surface area contributed by atoms with Gasteiger partial charge in [-0.3, -0.25) is 4.79 Å². The van der Waals surface area contributed by atoms with Crippen LogP contribution in [-0.4, -0.2) is 18.2 Å². The molecule has 1 fully saturated rings. The van der Waals surface area contributed by atoms with Crippen LogP contribution in [0.5, 0.6) is 0 Å². The highest BCUT2D eigenvalue weighted by Gasteiger charge is 2.38. The molecule has 0 aromatic heterocycles. The minimum Gasteiger partial charge on any atom is -0.355 e. The maximum Gasteiger partial charge on any atom is 0.223 e. The number of amides is 1. The zero-order valence-electron chi connectivity index (χ0n) is 11.3. The Hall–Kier alpha value is -0.960. The molecule has 1 aromatic rings. The van der Waals surface area contributed by atoms with Gasteiger partial charge in [0.1, 0.15) is 0 Å². The Kier molecular flexibility index (Phi) is 4.33. The van der Waals surface area contributed by atoms with E-state index >= 15 is 0 Å². The Labute approximate surface area is 114 Å². The molecule has 2 nitrogen and oxygen atoms in total. The fraction of sp³-hybridized carbons (Fsp3) is 0.533. The summed E-state index contributed by atoms with van der Waals surface area (Å²) in [6.07, 6.45) is 1.07. The first-order valence-corrected chi connectivity index (χ1v) is 7.54. The summed E-state index contributed by atoms with van der Waals surface area (Å²) in [4.78, 5) is 12.9. The van der Waals surface area contributed by atoms with Crippen LogP contribution in [0.3, 0.4) is 0 Å². The normalized spacial score (nSPS) is 21.7. The lowest BCUT2D eigenvalue weighted by Crippen LogP contribution is -2.27. The van der Waals surface area contributed by atoms with Gasteiger partial charge in [-0.2, -0.15) is 0 Å². The van der Waals surface area contributed by atoms with E-state index < -0.39 is 0 Å². The van der Waals surface area contributed by atoms with Crippen LogP contribution in [0.4, 0.5) is 0 Å². The molecule has 0 aliphatic heterocycles. The van der Waals surface area contributed by atoms with E-state index in [0.29, 0.717) is 5.92 Å². The number of hydrogen-bond donors (Lipinski definition) is 1. The first-order valence-electron chi connectivity index (χ1n) is 6.55. The lowest BCUT2D eigenvalue weighted by molar-refractivity contribution is -0.122. The number of hydrogen-bond acceptors (Lipinski definition) is 2. The molecule has 1 aromatic carbocycles. The van der Waals surface area contributed by atoms with Crippen LogP contribution in [0, 0.1) is 25.7 Å². The molecule has 2 atom stereocenters. The van der Waals surface area contributed by atoms with Gasteiger partial charge in [-0.15, -0.1) is 11.8 Å². The van der Waals surface area contributed by atoms with Gasteiger partial charge >= 0.3 is 0 Å². The number of aryl methyl sites for hydroxylation is 2. The minimum atomic E-state index is 0.239. The molecule has 0 heterocycles. The van der Waals surface area contributed by atoms with Crippen molar-refractivity contribution in [3.63, 3.8) is 0 Å². The summed E-state index contributed by atoms with van der Waals surface area (Å²) in [6, 6.07) is 6.52. The standard InChI is InChI=1S/C15H21NOS/c1-10-4-5-13(8-11(10)2)18-7-6-16-15(17)14-9-12(14)3/h4-5,8,12,14H,6-7,9H2,1-3H3,(H,16,17)/t12-,14+/m1/s1. The van der Waals surface area contributed by atoms with Crippen LogP contribution in [0.1, 0.15) is 24.5 Å². The van der Waals surface area contributed by atoms with Crippen molar-refractivity contribution < 1.29 is 4.79 Å². The van der Waals surface area contributed by atoms with Crippen LogP contribution in [0.15, 0.2) is 23.1 Å². The molecular weight excluding hydrogens is 242 g/mol. The summed E-state index contributed by atoms with van der Waals surface area (Å²) in [5.41, 5.74) is 2.66. The summed E-state index contributed by atoms with van der Waals surface area (Å²) in [6.45, 7) is 7.16. The Morgan fingerprint density at radius 1 is 1.39 bits per heavy atom. The van der Waals surface area contributed by atoms with Crippen LogP contribution in [0.2, 0.25) is 0 Å². The van der Waals surface area contributed by atoms with Crippen LogP contribution >= 0.6 is 11.8 Å². The summed E-state index contributed by atoms with van der Waals surface area (Å²) in [7, 11) is 0. The second-order valence-corrected chi connectivity index (χ2v) is 6.37. The van der Waals surface area contributed by atoms with E-state index in [1.807, 2.05) is 0 Å². The predicted octanol–water partition coefficient (Wildman–Crippen LogP) is 3.17. The second kappa shape index (κ2) is 5.79. The van der Waals surface area contributed by atoms with Crippen molar-refractivity contribution in [3.05, 3.63) is 29.3 Å². The van der Waals surface area contributed by atoms with E-state index in [9.17, 15) is 4.79 Å². The van der Waals surface area contributed by atoms with Gasteiger partial charge in [0.05, 0.1) is 0 Å². The van der Waals surface area contributed by atoms with Crippen LogP contribution < -0.4 is 5.32 Å². The first kappa shape index (κ1) is 13.5. The Morgan fingerprint density at radius 2 is 2.11 bits per heavy atom. The van der Waals surface area contributed by atoms with Gasteiger partial charge in [-0.05, 0) is 49.4 Å². The highest BCUT2D eigenvalue weighted by atomic mass is 32.2. The van der Waals surface area contributed by atoms with E-state index in [2.05, 4.69) is 44.3 Å². The molecule has 1 N–H and O–H groups in total. The molecule has 0 spiro atoms. The third kappa shape index (κ3) is 3.52. The van der Waals surface area contributed by atoms with E-state index in [0.717, 1.165) is 18.7 Å². The third-order valence-corrected chi connectivity index (χ3v) is 4.59. The van der Waals surface area contributed by atoms with Crippen molar-refractivity contribution in [1.82, 2.24) is 5.32 Å². The Balaban J connectivity index is 1.68. The lowest BCUT2D eigenvalue weighted by Gasteiger charge is -2.06. The number of nitrogens with one attached hydrogen (secondary N) is 1. The third-order valence-electron chi connectivity index (χ3n) is 3.59. The number of carbonyl (C=O) groups excluding carboxylic acids is 1. The molecule has 1 amide bonds. The number of rotatable bonds is 5. The molecule has 98 valence electrons. The maximum atomic E-state index is 11.6. The smallest absolute Gasteiger partial charge is 0.223 e. The average molecular weight is 263 g/mol. The molecule has 0 bridgehead atoms. The summed E-state index contributed by atoms with van der Waals surface area (Å²) < 4.78 is 0. The van der Waals surface area contributed by atoms with E-state index in [1.54, 1.807) is 11.8 Å². The van der Waals surface area contributed by atoms with Crippen LogP contribution in [-0.2, 0) is 4.79 Å². The summed E-state index contributed by atoms with van der Waals surface area (Å²) in [5.74, 6) is 2.06. The monoisotopic (exact) mass is 263 g/mol. The van der Waals surface area contributed by atoms with Gasteiger partial charge in [0.15, 0.2) is 0 Å². The van der Waals surface area contributed by atoms with Crippen molar-refractivity contribution >= 4 is 17.7 Å². The quantitative estimate of drug-likeness (QED) is 0.653. The molecule has 1 aliphatic carbocycles. The maximum absolute atomic E-state index is 11.6. The van der Waals surface area contributed by atoms with Crippen molar-refractivity contribution in [2.45, 2.75) is 32.1 Å². The van der Waals surface area contributed by atoms with Crippen LogP contribution in [0.25, 0.3) is 0 Å². The first-order chi connectivity index (χ1) is 8.58. The van der Waals surface area contributed by atoms with E-state index in [1.165, 1.54) is 16.0 Å². The number of thioether (sulfide) groups is 1. The van der Waals surface area contributed by atoms with Crippen molar-refractivity contribution in [3.8, 4) is 0 Å². The van der Waals surface area contributed by atoms with Crippen molar-refractivity contribution in [2.75, 3.05) is 12.3 Å². The van der Waals surface area contributed by atoms with E-state index in [-0.39, 0.29) is 11.8 Å². The molecule has 1 saturated carbocycles. The SMILES string of the molecule is Cc1ccc(SCCNC(=O)[C@H]2C[C@H]2C)cc1C. The fourth-order valence-corrected chi connectivity index (χ4v) is 2.83. The molecule has 18 heavy (non-hydrogen) atoms. The van der Waals surface area contributed by atoms with Crippen molar-refractivity contribution in [1.29, 1.82) is 0 Å². The lowest BCUT2D eigenvalue weighted by atomic mass is 10.1. The Morgan fingerprint density at radius 3 is 2.72 bits per heavy atom. The highest BCUT2D eigenvalue weighted by molar-refractivity contribution is 7.99. The molecule has 1 aliphatic rings. The number of benzene rings is 1. The van der Waals surface area contributed by atoms with Gasteiger partial charge < -0.3 is 5.32 Å². The molecule has 0 saturated heterocycles. The minimum absolute atomic E-state index is 0.239. The van der Waals surface area contributed by atoms with Gasteiger partial charge in [0.2, 0.25) is 5.91 Å². The van der Waals surface area contributed by atoms with Gasteiger partial charge in [-0.1, -0.05) is 13.0 Å². The molecule has 0 unspecified atom stereocenters. The molecular formula is C15H21NOS. The fourth-order valence-electron chi connectivity index (χ4n) is 1.97. The molecule has 3 heteroatoms. The van der Waals surface area contributed by atoms with Gasteiger partial charge in [0.25, 0.3) is 0 Å². The van der Waals surface area contributed by atoms with Gasteiger partial charge in [-0.25, -0.2) is 0 Å².